The van der Waals surface area contributed by atoms with Gasteiger partial charge in [-0.1, -0.05) is 97.1 Å². The Bertz CT molecular complexity index is 1140. The Labute approximate surface area is 206 Å². The second kappa shape index (κ2) is 10.8. The van der Waals surface area contributed by atoms with Crippen molar-refractivity contribution in [3.63, 3.8) is 0 Å². The van der Waals surface area contributed by atoms with Crippen LogP contribution in [0.5, 0.6) is 11.5 Å². The fourth-order valence-corrected chi connectivity index (χ4v) is 4.71. The molecule has 35 heavy (non-hydrogen) atoms. The highest BCUT2D eigenvalue weighted by atomic mass is 16.5. The fraction of sp³-hybridized carbons (Fsp3) is 0.226. The Kier molecular flexibility index (Phi) is 7.12. The van der Waals surface area contributed by atoms with Gasteiger partial charge in [0.15, 0.2) is 0 Å². The highest BCUT2D eigenvalue weighted by Crippen LogP contribution is 2.48. The molecule has 0 spiro atoms. The number of aliphatic hydroxyl groups excluding tert-OH is 1. The number of hydrogen-bond acceptors (Lipinski definition) is 4. The van der Waals surface area contributed by atoms with Crippen LogP contribution in [-0.4, -0.2) is 17.8 Å². The normalized spacial score (nSPS) is 17.0. The van der Waals surface area contributed by atoms with E-state index in [0.717, 1.165) is 33.8 Å². The molecule has 4 heteroatoms. The SMILES string of the molecule is OC1CCOC(c2ccccc2OCc2ccccc2)(c2ccccc2OCc2ccccc2)C1. The third-order valence-corrected chi connectivity index (χ3v) is 6.44. The van der Waals surface area contributed by atoms with Crippen molar-refractivity contribution in [3.05, 3.63) is 131 Å². The van der Waals surface area contributed by atoms with Gasteiger partial charge in [-0.05, 0) is 29.7 Å². The molecule has 178 valence electrons. The van der Waals surface area contributed by atoms with Gasteiger partial charge in [-0.15, -0.1) is 0 Å². The highest BCUT2D eigenvalue weighted by molar-refractivity contribution is 5.50. The van der Waals surface area contributed by atoms with Crippen LogP contribution in [0.2, 0.25) is 0 Å². The van der Waals surface area contributed by atoms with E-state index in [1.165, 1.54) is 0 Å². The van der Waals surface area contributed by atoms with Gasteiger partial charge in [-0.3, -0.25) is 0 Å². The van der Waals surface area contributed by atoms with Crippen LogP contribution in [0.15, 0.2) is 109 Å². The van der Waals surface area contributed by atoms with Crippen molar-refractivity contribution in [1.29, 1.82) is 0 Å². The van der Waals surface area contributed by atoms with Crippen LogP contribution in [0, 0.1) is 0 Å². The number of benzene rings is 4. The quantitative estimate of drug-likeness (QED) is 0.333. The summed E-state index contributed by atoms with van der Waals surface area (Å²) < 4.78 is 19.2. The lowest BCUT2D eigenvalue weighted by Gasteiger charge is -2.41. The maximum absolute atomic E-state index is 10.8. The van der Waals surface area contributed by atoms with Gasteiger partial charge in [0.05, 0.1) is 12.7 Å². The minimum atomic E-state index is -0.891. The van der Waals surface area contributed by atoms with Gasteiger partial charge in [0.2, 0.25) is 0 Å². The second-order valence-electron chi connectivity index (χ2n) is 8.86. The average Bonchev–Trinajstić information content (AvgIpc) is 2.92. The first-order chi connectivity index (χ1) is 17.2. The van der Waals surface area contributed by atoms with Crippen molar-refractivity contribution in [2.75, 3.05) is 6.61 Å². The molecule has 1 N–H and O–H groups in total. The van der Waals surface area contributed by atoms with Crippen LogP contribution in [0.3, 0.4) is 0 Å². The Hall–Kier alpha value is -3.60. The summed E-state index contributed by atoms with van der Waals surface area (Å²) in [5, 5.41) is 10.8. The molecule has 1 atom stereocenters. The van der Waals surface area contributed by atoms with Gasteiger partial charge < -0.3 is 19.3 Å². The van der Waals surface area contributed by atoms with Crippen LogP contribution < -0.4 is 9.47 Å². The van der Waals surface area contributed by atoms with Gasteiger partial charge >= 0.3 is 0 Å². The van der Waals surface area contributed by atoms with Crippen molar-refractivity contribution < 1.29 is 19.3 Å². The smallest absolute Gasteiger partial charge is 0.128 e. The van der Waals surface area contributed by atoms with Crippen LogP contribution >= 0.6 is 0 Å². The topological polar surface area (TPSA) is 47.9 Å². The molecule has 1 fully saturated rings. The zero-order valence-electron chi connectivity index (χ0n) is 19.7. The summed E-state index contributed by atoms with van der Waals surface area (Å²) in [7, 11) is 0. The predicted octanol–water partition coefficient (Wildman–Crippen LogP) is 6.26. The van der Waals surface area contributed by atoms with Crippen LogP contribution in [0.4, 0.5) is 0 Å². The number of aliphatic hydroxyl groups is 1. The van der Waals surface area contributed by atoms with E-state index in [4.69, 9.17) is 14.2 Å². The second-order valence-corrected chi connectivity index (χ2v) is 8.86. The molecule has 1 saturated heterocycles. The molecular formula is C31H30O4. The lowest BCUT2D eigenvalue weighted by molar-refractivity contribution is -0.100. The van der Waals surface area contributed by atoms with Crippen molar-refractivity contribution >= 4 is 0 Å². The summed E-state index contributed by atoms with van der Waals surface area (Å²) in [6, 6.07) is 36.1. The number of para-hydroxylation sites is 2. The van der Waals surface area contributed by atoms with E-state index in [1.54, 1.807) is 0 Å². The number of ether oxygens (including phenoxy) is 3. The molecular weight excluding hydrogens is 436 g/mol. The standard InChI is InChI=1S/C31H30O4/c32-26-19-20-35-31(21-26,27-15-7-9-17-29(27)33-22-24-11-3-1-4-12-24)28-16-8-10-18-30(28)34-23-25-13-5-2-6-14-25/h1-18,26,32H,19-23H2. The molecule has 0 saturated carbocycles. The first kappa shape index (κ1) is 23.2. The summed E-state index contributed by atoms with van der Waals surface area (Å²) in [6.45, 7) is 1.34. The van der Waals surface area contributed by atoms with Crippen LogP contribution in [0.1, 0.15) is 35.1 Å². The Morgan fingerprint density at radius 1 is 0.657 bits per heavy atom. The summed E-state index contributed by atoms with van der Waals surface area (Å²) >= 11 is 0. The molecule has 0 aromatic heterocycles. The van der Waals surface area contributed by atoms with Gasteiger partial charge in [-0.2, -0.15) is 0 Å². The average molecular weight is 467 g/mol. The summed E-state index contributed by atoms with van der Waals surface area (Å²) in [4.78, 5) is 0. The fourth-order valence-electron chi connectivity index (χ4n) is 4.71. The van der Waals surface area contributed by atoms with E-state index in [-0.39, 0.29) is 0 Å². The molecule has 4 aromatic rings. The summed E-state index contributed by atoms with van der Waals surface area (Å²) in [6.07, 6.45) is 0.528. The van der Waals surface area contributed by atoms with Crippen molar-refractivity contribution in [2.45, 2.75) is 37.8 Å². The number of hydrogen-bond donors (Lipinski definition) is 1. The molecule has 1 aliphatic rings. The largest absolute Gasteiger partial charge is 0.488 e. The molecule has 0 amide bonds. The van der Waals surface area contributed by atoms with Crippen LogP contribution in [-0.2, 0) is 23.6 Å². The Balaban J connectivity index is 1.52. The molecule has 0 aliphatic carbocycles. The Morgan fingerprint density at radius 3 is 1.60 bits per heavy atom. The van der Waals surface area contributed by atoms with Gasteiger partial charge in [-0.25, -0.2) is 0 Å². The van der Waals surface area contributed by atoms with Crippen molar-refractivity contribution in [2.24, 2.45) is 0 Å². The molecule has 0 bridgehead atoms. The van der Waals surface area contributed by atoms with Gasteiger partial charge in [0, 0.05) is 17.5 Å². The monoisotopic (exact) mass is 466 g/mol. The van der Waals surface area contributed by atoms with E-state index < -0.39 is 11.7 Å². The van der Waals surface area contributed by atoms with E-state index in [0.29, 0.717) is 32.7 Å². The molecule has 0 radical (unpaired) electrons. The molecule has 1 aliphatic heterocycles. The van der Waals surface area contributed by atoms with E-state index in [2.05, 4.69) is 0 Å². The highest BCUT2D eigenvalue weighted by Gasteiger charge is 2.44. The van der Waals surface area contributed by atoms with Crippen molar-refractivity contribution in [1.82, 2.24) is 0 Å². The van der Waals surface area contributed by atoms with Crippen LogP contribution in [0.25, 0.3) is 0 Å². The van der Waals surface area contributed by atoms with Crippen molar-refractivity contribution in [3.8, 4) is 11.5 Å². The first-order valence-corrected chi connectivity index (χ1v) is 12.1. The maximum atomic E-state index is 10.8. The van der Waals surface area contributed by atoms with E-state index >= 15 is 0 Å². The lowest BCUT2D eigenvalue weighted by atomic mass is 9.78. The predicted molar refractivity (Wildman–Crippen MR) is 136 cm³/mol. The lowest BCUT2D eigenvalue weighted by Crippen LogP contribution is -2.41. The minimum Gasteiger partial charge on any atom is -0.488 e. The van der Waals surface area contributed by atoms with E-state index in [1.807, 2.05) is 109 Å². The minimum absolute atomic E-state index is 0.421. The summed E-state index contributed by atoms with van der Waals surface area (Å²) in [5.41, 5.74) is 3.08. The summed E-state index contributed by atoms with van der Waals surface area (Å²) in [5.74, 6) is 1.48. The first-order valence-electron chi connectivity index (χ1n) is 12.1. The third-order valence-electron chi connectivity index (χ3n) is 6.44. The molecule has 1 unspecified atom stereocenters. The van der Waals surface area contributed by atoms with E-state index in [9.17, 15) is 5.11 Å². The molecule has 4 nitrogen and oxygen atoms in total. The molecule has 1 heterocycles. The maximum Gasteiger partial charge on any atom is 0.128 e. The third kappa shape index (κ3) is 5.24. The Morgan fingerprint density at radius 2 is 1.11 bits per heavy atom. The zero-order chi connectivity index (χ0) is 23.9. The molecule has 4 aromatic carbocycles. The number of rotatable bonds is 8. The van der Waals surface area contributed by atoms with Gasteiger partial charge in [0.1, 0.15) is 30.3 Å². The molecule has 5 rings (SSSR count). The zero-order valence-corrected chi connectivity index (χ0v) is 19.7. The van der Waals surface area contributed by atoms with Gasteiger partial charge in [0.25, 0.3) is 0 Å².